The van der Waals surface area contributed by atoms with Gasteiger partial charge in [-0.1, -0.05) is 31.2 Å². The van der Waals surface area contributed by atoms with Crippen LogP contribution in [0.1, 0.15) is 36.3 Å². The van der Waals surface area contributed by atoms with Crippen molar-refractivity contribution in [1.82, 2.24) is 4.90 Å². The molecular formula is C14H19N. The van der Waals surface area contributed by atoms with Crippen molar-refractivity contribution >= 4 is 0 Å². The van der Waals surface area contributed by atoms with Gasteiger partial charge < -0.3 is 4.90 Å². The summed E-state index contributed by atoms with van der Waals surface area (Å²) in [6, 6.07) is 9.07. The van der Waals surface area contributed by atoms with Gasteiger partial charge in [-0.15, -0.1) is 0 Å². The molecule has 1 fully saturated rings. The fourth-order valence-corrected chi connectivity index (χ4v) is 3.54. The fourth-order valence-electron chi connectivity index (χ4n) is 3.54. The zero-order valence-corrected chi connectivity index (χ0v) is 9.61. The van der Waals surface area contributed by atoms with Crippen LogP contribution in [0.15, 0.2) is 24.3 Å². The first-order valence-electron chi connectivity index (χ1n) is 6.04. The van der Waals surface area contributed by atoms with Crippen LogP contribution in [-0.2, 0) is 0 Å². The third-order valence-electron chi connectivity index (χ3n) is 4.39. The molecule has 0 saturated carbocycles. The summed E-state index contributed by atoms with van der Waals surface area (Å²) in [6.07, 6.45) is 1.35. The first kappa shape index (κ1) is 9.41. The molecule has 0 N–H and O–H groups in total. The van der Waals surface area contributed by atoms with E-state index in [0.717, 1.165) is 17.8 Å². The van der Waals surface area contributed by atoms with Crippen molar-refractivity contribution in [2.24, 2.45) is 5.92 Å². The second-order valence-corrected chi connectivity index (χ2v) is 5.24. The number of fused-ring (bicyclic) bond motifs is 3. The van der Waals surface area contributed by atoms with Gasteiger partial charge in [0.15, 0.2) is 0 Å². The van der Waals surface area contributed by atoms with Crippen LogP contribution >= 0.6 is 0 Å². The zero-order chi connectivity index (χ0) is 10.4. The summed E-state index contributed by atoms with van der Waals surface area (Å²) in [5.41, 5.74) is 3.26. The van der Waals surface area contributed by atoms with Gasteiger partial charge in [0.25, 0.3) is 0 Å². The minimum absolute atomic E-state index is 0.758. The highest BCUT2D eigenvalue weighted by molar-refractivity contribution is 5.40. The maximum absolute atomic E-state index is 2.49. The number of hydrogen-bond donors (Lipinski definition) is 0. The Balaban J connectivity index is 2.01. The summed E-state index contributed by atoms with van der Waals surface area (Å²) < 4.78 is 0. The Bertz CT molecular complexity index is 371. The highest BCUT2D eigenvalue weighted by atomic mass is 15.1. The number of rotatable bonds is 0. The first-order chi connectivity index (χ1) is 7.27. The van der Waals surface area contributed by atoms with Crippen molar-refractivity contribution in [3.63, 3.8) is 0 Å². The lowest BCUT2D eigenvalue weighted by Crippen LogP contribution is -2.36. The molecular weight excluding hydrogens is 182 g/mol. The van der Waals surface area contributed by atoms with Crippen LogP contribution in [0, 0.1) is 5.92 Å². The summed E-state index contributed by atoms with van der Waals surface area (Å²) in [7, 11) is 2.26. The van der Waals surface area contributed by atoms with Gasteiger partial charge in [0, 0.05) is 6.54 Å². The van der Waals surface area contributed by atoms with E-state index in [2.05, 4.69) is 43.1 Å². The normalized spacial score (nSPS) is 34.9. The summed E-state index contributed by atoms with van der Waals surface area (Å²) in [6.45, 7) is 4.95. The molecule has 0 spiro atoms. The van der Waals surface area contributed by atoms with Crippen LogP contribution in [0.4, 0.5) is 0 Å². The monoisotopic (exact) mass is 201 g/mol. The Labute approximate surface area is 92.1 Å². The molecule has 80 valence electrons. The molecule has 0 amide bonds. The second-order valence-electron chi connectivity index (χ2n) is 5.24. The molecule has 1 heteroatoms. The van der Waals surface area contributed by atoms with Crippen LogP contribution in [0.25, 0.3) is 0 Å². The van der Waals surface area contributed by atoms with Gasteiger partial charge in [-0.3, -0.25) is 0 Å². The van der Waals surface area contributed by atoms with E-state index >= 15 is 0 Å². The van der Waals surface area contributed by atoms with E-state index < -0.39 is 0 Å². The largest absolute Gasteiger partial charge is 0.306 e. The van der Waals surface area contributed by atoms with Crippen LogP contribution in [-0.4, -0.2) is 25.0 Å². The van der Waals surface area contributed by atoms with E-state index in [1.807, 2.05) is 0 Å². The molecule has 3 rings (SSSR count). The molecule has 3 unspecified atom stereocenters. The van der Waals surface area contributed by atoms with E-state index in [9.17, 15) is 0 Å². The highest BCUT2D eigenvalue weighted by Gasteiger charge is 2.40. The molecule has 1 aromatic carbocycles. The molecule has 3 atom stereocenters. The average Bonchev–Trinajstić information content (AvgIpc) is 2.54. The van der Waals surface area contributed by atoms with E-state index in [0.29, 0.717) is 0 Å². The standard InChI is InChI=1S/C14H19N/c1-10-11-5-3-4-6-12(11)13-7-8-15(2)9-14(10)13/h3-6,10,13-14H,7-9H2,1-2H3. The number of hydrogen-bond acceptors (Lipinski definition) is 1. The second kappa shape index (κ2) is 3.34. The van der Waals surface area contributed by atoms with Crippen molar-refractivity contribution in [3.05, 3.63) is 35.4 Å². The van der Waals surface area contributed by atoms with Gasteiger partial charge in [-0.25, -0.2) is 0 Å². The minimum atomic E-state index is 0.758. The molecule has 1 nitrogen and oxygen atoms in total. The number of benzene rings is 1. The summed E-state index contributed by atoms with van der Waals surface area (Å²) in [5.74, 6) is 2.46. The number of likely N-dealkylation sites (tertiary alicyclic amines) is 1. The maximum atomic E-state index is 2.49. The Hall–Kier alpha value is -0.820. The van der Waals surface area contributed by atoms with E-state index in [1.165, 1.54) is 19.5 Å². The molecule has 1 heterocycles. The van der Waals surface area contributed by atoms with Crippen LogP contribution in [0.5, 0.6) is 0 Å². The third kappa shape index (κ3) is 1.33. The van der Waals surface area contributed by atoms with Gasteiger partial charge in [-0.05, 0) is 48.9 Å². The lowest BCUT2D eigenvalue weighted by Gasteiger charge is -2.34. The molecule has 2 aliphatic rings. The lowest BCUT2D eigenvalue weighted by molar-refractivity contribution is 0.180. The summed E-state index contributed by atoms with van der Waals surface area (Å²) in [5, 5.41) is 0. The van der Waals surface area contributed by atoms with Crippen LogP contribution < -0.4 is 0 Å². The lowest BCUT2D eigenvalue weighted by atomic mass is 9.82. The molecule has 0 bridgehead atoms. The van der Waals surface area contributed by atoms with Gasteiger partial charge in [0.1, 0.15) is 0 Å². The Morgan fingerprint density at radius 2 is 1.93 bits per heavy atom. The molecule has 0 aromatic heterocycles. The topological polar surface area (TPSA) is 3.24 Å². The predicted molar refractivity (Wildman–Crippen MR) is 63.2 cm³/mol. The van der Waals surface area contributed by atoms with Crippen LogP contribution in [0.2, 0.25) is 0 Å². The van der Waals surface area contributed by atoms with Gasteiger partial charge in [0.2, 0.25) is 0 Å². The minimum Gasteiger partial charge on any atom is -0.306 e. The number of piperidine rings is 1. The Morgan fingerprint density at radius 3 is 2.73 bits per heavy atom. The first-order valence-corrected chi connectivity index (χ1v) is 6.04. The molecule has 1 aliphatic carbocycles. The maximum Gasteiger partial charge on any atom is 0.00182 e. The van der Waals surface area contributed by atoms with Crippen molar-refractivity contribution in [3.8, 4) is 0 Å². The summed E-state index contributed by atoms with van der Waals surface area (Å²) >= 11 is 0. The number of nitrogens with zero attached hydrogens (tertiary/aromatic N) is 1. The SMILES string of the molecule is CC1c2ccccc2C2CCN(C)CC12. The Kier molecular flexibility index (Phi) is 2.10. The zero-order valence-electron chi connectivity index (χ0n) is 9.61. The van der Waals surface area contributed by atoms with Crippen molar-refractivity contribution < 1.29 is 0 Å². The van der Waals surface area contributed by atoms with Gasteiger partial charge in [-0.2, -0.15) is 0 Å². The Morgan fingerprint density at radius 1 is 1.20 bits per heavy atom. The van der Waals surface area contributed by atoms with Crippen LogP contribution in [0.3, 0.4) is 0 Å². The van der Waals surface area contributed by atoms with E-state index in [-0.39, 0.29) is 0 Å². The van der Waals surface area contributed by atoms with Crippen molar-refractivity contribution in [2.45, 2.75) is 25.2 Å². The third-order valence-corrected chi connectivity index (χ3v) is 4.39. The quantitative estimate of drug-likeness (QED) is 0.624. The van der Waals surface area contributed by atoms with Gasteiger partial charge in [0.05, 0.1) is 0 Å². The average molecular weight is 201 g/mol. The summed E-state index contributed by atoms with van der Waals surface area (Å²) in [4.78, 5) is 2.49. The fraction of sp³-hybridized carbons (Fsp3) is 0.571. The predicted octanol–water partition coefficient (Wildman–Crippen LogP) is 2.84. The molecule has 15 heavy (non-hydrogen) atoms. The smallest absolute Gasteiger partial charge is 0.00182 e. The van der Waals surface area contributed by atoms with Crippen molar-refractivity contribution in [2.75, 3.05) is 20.1 Å². The van der Waals surface area contributed by atoms with E-state index in [1.54, 1.807) is 11.1 Å². The highest BCUT2D eigenvalue weighted by Crippen LogP contribution is 2.49. The van der Waals surface area contributed by atoms with E-state index in [4.69, 9.17) is 0 Å². The van der Waals surface area contributed by atoms with Gasteiger partial charge >= 0.3 is 0 Å². The molecule has 0 radical (unpaired) electrons. The molecule has 1 aliphatic heterocycles. The van der Waals surface area contributed by atoms with Crippen molar-refractivity contribution in [1.29, 1.82) is 0 Å². The molecule has 1 aromatic rings. The molecule has 1 saturated heterocycles.